The first-order chi connectivity index (χ1) is 6.55. The van der Waals surface area contributed by atoms with E-state index in [2.05, 4.69) is 5.32 Å². The molecule has 1 aliphatic carbocycles. The molecule has 84 valence electrons. The zero-order valence-electron chi connectivity index (χ0n) is 8.99. The molecule has 0 aromatic rings. The van der Waals surface area contributed by atoms with Crippen molar-refractivity contribution in [2.24, 2.45) is 0 Å². The van der Waals surface area contributed by atoms with E-state index in [1.807, 2.05) is 13.2 Å². The van der Waals surface area contributed by atoms with Crippen molar-refractivity contribution in [3.05, 3.63) is 0 Å². The van der Waals surface area contributed by atoms with Crippen LogP contribution in [0.25, 0.3) is 0 Å². The second kappa shape index (κ2) is 5.35. The van der Waals surface area contributed by atoms with E-state index >= 15 is 0 Å². The average Bonchev–Trinajstić information content (AvgIpc) is 2.48. The number of aliphatic hydroxyl groups excluding tert-OH is 1. The summed E-state index contributed by atoms with van der Waals surface area (Å²) < 4.78 is 0. The second-order valence-electron chi connectivity index (χ2n) is 4.42. The maximum atomic E-state index is 9.90. The molecule has 0 bridgehead atoms. The molecule has 0 amide bonds. The largest absolute Gasteiger partial charge is 0.392 e. The molecule has 1 fully saturated rings. The van der Waals surface area contributed by atoms with Crippen LogP contribution in [0.4, 0.5) is 0 Å². The summed E-state index contributed by atoms with van der Waals surface area (Å²) in [6.07, 6.45) is 4.77. The zero-order chi connectivity index (χ0) is 10.6. The molecule has 0 radical (unpaired) electrons. The van der Waals surface area contributed by atoms with E-state index in [9.17, 15) is 10.2 Å². The van der Waals surface area contributed by atoms with Gasteiger partial charge >= 0.3 is 0 Å². The zero-order valence-corrected chi connectivity index (χ0v) is 9.81. The first-order valence-corrected chi connectivity index (χ1v) is 6.57. The third-order valence-electron chi connectivity index (χ3n) is 2.68. The highest BCUT2D eigenvalue weighted by molar-refractivity contribution is 7.98. The van der Waals surface area contributed by atoms with Crippen LogP contribution in [0, 0.1) is 0 Å². The molecule has 4 heteroatoms. The topological polar surface area (TPSA) is 52.5 Å². The molecule has 1 rings (SSSR count). The molecule has 1 saturated carbocycles. The fourth-order valence-corrected chi connectivity index (χ4v) is 2.62. The highest BCUT2D eigenvalue weighted by atomic mass is 32.2. The van der Waals surface area contributed by atoms with Gasteiger partial charge in [0.15, 0.2) is 0 Å². The summed E-state index contributed by atoms with van der Waals surface area (Å²) in [7, 11) is 0. The Morgan fingerprint density at radius 3 is 2.71 bits per heavy atom. The van der Waals surface area contributed by atoms with Crippen LogP contribution < -0.4 is 5.32 Å². The fourth-order valence-electron chi connectivity index (χ4n) is 1.89. The molecule has 14 heavy (non-hydrogen) atoms. The SMILES string of the molecule is CSCC(C)(O)CN[C@H]1CCC[C@@H]1O. The molecule has 0 aliphatic heterocycles. The standard InChI is InChI=1S/C10H21NO2S/c1-10(13,7-14-2)6-11-8-4-3-5-9(8)12/h8-9,11-13H,3-7H2,1-2H3/t8-,9-,10?/m0/s1. The maximum absolute atomic E-state index is 9.90. The van der Waals surface area contributed by atoms with E-state index in [1.54, 1.807) is 11.8 Å². The molecular weight excluding hydrogens is 198 g/mol. The smallest absolute Gasteiger partial charge is 0.0833 e. The maximum Gasteiger partial charge on any atom is 0.0833 e. The summed E-state index contributed by atoms with van der Waals surface area (Å²) in [4.78, 5) is 0. The number of hydrogen-bond acceptors (Lipinski definition) is 4. The van der Waals surface area contributed by atoms with Gasteiger partial charge in [0.25, 0.3) is 0 Å². The van der Waals surface area contributed by atoms with Gasteiger partial charge in [-0.3, -0.25) is 0 Å². The van der Waals surface area contributed by atoms with Gasteiger partial charge in [-0.25, -0.2) is 0 Å². The first kappa shape index (κ1) is 12.3. The van der Waals surface area contributed by atoms with E-state index in [4.69, 9.17) is 0 Å². The van der Waals surface area contributed by atoms with Crippen molar-refractivity contribution in [2.45, 2.75) is 43.9 Å². The van der Waals surface area contributed by atoms with Crippen molar-refractivity contribution in [3.63, 3.8) is 0 Å². The summed E-state index contributed by atoms with van der Waals surface area (Å²) in [5, 5.41) is 22.7. The highest BCUT2D eigenvalue weighted by Gasteiger charge is 2.27. The highest BCUT2D eigenvalue weighted by Crippen LogP contribution is 2.19. The van der Waals surface area contributed by atoms with E-state index in [0.717, 1.165) is 25.0 Å². The van der Waals surface area contributed by atoms with Crippen molar-refractivity contribution in [3.8, 4) is 0 Å². The molecule has 0 saturated heterocycles. The molecule has 3 N–H and O–H groups in total. The van der Waals surface area contributed by atoms with Gasteiger partial charge < -0.3 is 15.5 Å². The molecule has 1 unspecified atom stereocenters. The Morgan fingerprint density at radius 1 is 1.50 bits per heavy atom. The van der Waals surface area contributed by atoms with Crippen molar-refractivity contribution in [2.75, 3.05) is 18.6 Å². The lowest BCUT2D eigenvalue weighted by Crippen LogP contribution is -2.46. The number of rotatable bonds is 5. The summed E-state index contributed by atoms with van der Waals surface area (Å²) >= 11 is 1.64. The summed E-state index contributed by atoms with van der Waals surface area (Å²) in [5.41, 5.74) is -0.665. The Morgan fingerprint density at radius 2 is 2.21 bits per heavy atom. The Labute approximate surface area is 90.3 Å². The van der Waals surface area contributed by atoms with E-state index in [-0.39, 0.29) is 12.1 Å². The van der Waals surface area contributed by atoms with E-state index in [0.29, 0.717) is 6.54 Å². The Hall–Kier alpha value is 0.230. The van der Waals surface area contributed by atoms with Gasteiger partial charge in [-0.2, -0.15) is 11.8 Å². The molecular formula is C10H21NO2S. The Balaban J connectivity index is 2.25. The molecule has 1 aliphatic rings. The molecule has 0 spiro atoms. The monoisotopic (exact) mass is 219 g/mol. The van der Waals surface area contributed by atoms with Gasteiger partial charge in [0.2, 0.25) is 0 Å². The lowest BCUT2D eigenvalue weighted by atomic mass is 10.1. The number of aliphatic hydroxyl groups is 2. The van der Waals surface area contributed by atoms with Gasteiger partial charge in [0.1, 0.15) is 0 Å². The molecule has 0 aromatic carbocycles. The quantitative estimate of drug-likeness (QED) is 0.634. The van der Waals surface area contributed by atoms with Gasteiger partial charge in [-0.1, -0.05) is 0 Å². The third kappa shape index (κ3) is 3.77. The van der Waals surface area contributed by atoms with Crippen molar-refractivity contribution in [1.82, 2.24) is 5.32 Å². The van der Waals surface area contributed by atoms with Crippen LogP contribution in [0.2, 0.25) is 0 Å². The minimum absolute atomic E-state index is 0.184. The summed E-state index contributed by atoms with van der Waals surface area (Å²) in [6, 6.07) is 0.184. The van der Waals surface area contributed by atoms with E-state index in [1.165, 1.54) is 0 Å². The fraction of sp³-hybridized carbons (Fsp3) is 1.00. The number of hydrogen-bond donors (Lipinski definition) is 3. The van der Waals surface area contributed by atoms with Crippen LogP contribution in [0.3, 0.4) is 0 Å². The van der Waals surface area contributed by atoms with Gasteiger partial charge in [-0.15, -0.1) is 0 Å². The van der Waals surface area contributed by atoms with Crippen LogP contribution in [-0.2, 0) is 0 Å². The lowest BCUT2D eigenvalue weighted by molar-refractivity contribution is 0.0710. The van der Waals surface area contributed by atoms with Gasteiger partial charge in [0.05, 0.1) is 11.7 Å². The number of thioether (sulfide) groups is 1. The summed E-state index contributed by atoms with van der Waals surface area (Å²) in [6.45, 7) is 2.40. The molecule has 3 atom stereocenters. The minimum Gasteiger partial charge on any atom is -0.392 e. The molecule has 3 nitrogen and oxygen atoms in total. The van der Waals surface area contributed by atoms with Crippen LogP contribution in [0.15, 0.2) is 0 Å². The van der Waals surface area contributed by atoms with Crippen molar-refractivity contribution in [1.29, 1.82) is 0 Å². The van der Waals surface area contributed by atoms with Crippen LogP contribution in [-0.4, -0.2) is 46.5 Å². The van der Waals surface area contributed by atoms with Crippen molar-refractivity contribution >= 4 is 11.8 Å². The van der Waals surface area contributed by atoms with Gasteiger partial charge in [0, 0.05) is 18.3 Å². The lowest BCUT2D eigenvalue weighted by Gasteiger charge is -2.26. The molecule has 0 aromatic heterocycles. The Bertz CT molecular complexity index is 176. The summed E-state index contributed by atoms with van der Waals surface area (Å²) in [5.74, 6) is 0.725. The van der Waals surface area contributed by atoms with Crippen molar-refractivity contribution < 1.29 is 10.2 Å². The minimum atomic E-state index is -0.665. The van der Waals surface area contributed by atoms with Crippen LogP contribution in [0.1, 0.15) is 26.2 Å². The number of nitrogens with one attached hydrogen (secondary N) is 1. The average molecular weight is 219 g/mol. The Kier molecular flexibility index (Phi) is 4.70. The second-order valence-corrected chi connectivity index (χ2v) is 5.28. The predicted octanol–water partition coefficient (Wildman–Crippen LogP) is 0.603. The van der Waals surface area contributed by atoms with Gasteiger partial charge in [-0.05, 0) is 32.4 Å². The normalized spacial score (nSPS) is 31.7. The van der Waals surface area contributed by atoms with Crippen LogP contribution in [0.5, 0.6) is 0 Å². The van der Waals surface area contributed by atoms with E-state index < -0.39 is 5.60 Å². The molecule has 0 heterocycles. The predicted molar refractivity (Wildman–Crippen MR) is 60.7 cm³/mol. The van der Waals surface area contributed by atoms with Crippen LogP contribution >= 0.6 is 11.8 Å². The third-order valence-corrected chi connectivity index (χ3v) is 3.59. The first-order valence-electron chi connectivity index (χ1n) is 5.18.